The maximum Gasteiger partial charge on any atom is 0.301 e. The number of aliphatic hydroxyl groups excluding tert-OH is 1. The van der Waals surface area contributed by atoms with Crippen molar-refractivity contribution in [1.29, 1.82) is 0 Å². The van der Waals surface area contributed by atoms with Crippen LogP contribution in [0.2, 0.25) is 0 Å². The number of thiazole rings is 1. The van der Waals surface area contributed by atoms with Crippen LogP contribution in [0.5, 0.6) is 17.2 Å². The maximum atomic E-state index is 13.7. The van der Waals surface area contributed by atoms with E-state index in [1.54, 1.807) is 42.5 Å². The first-order chi connectivity index (χ1) is 20.0. The number of amides is 1. The van der Waals surface area contributed by atoms with Gasteiger partial charge in [0, 0.05) is 5.56 Å². The molecule has 1 N–H and O–H groups in total. The Hall–Kier alpha value is -4.37. The number of fused-ring (bicyclic) bond motifs is 1. The summed E-state index contributed by atoms with van der Waals surface area (Å²) < 4.78 is 18.3. The Bertz CT molecular complexity index is 1600. The zero-order valence-electron chi connectivity index (χ0n) is 23.3. The predicted molar refractivity (Wildman–Crippen MR) is 160 cm³/mol. The molecule has 1 unspecified atom stereocenters. The number of hydrogen-bond acceptors (Lipinski definition) is 8. The van der Waals surface area contributed by atoms with E-state index in [1.807, 2.05) is 38.1 Å². The molecule has 0 bridgehead atoms. The van der Waals surface area contributed by atoms with Gasteiger partial charge in [0.15, 0.2) is 16.6 Å². The number of aromatic nitrogens is 1. The Kier molecular flexibility index (Phi) is 8.54. The second-order valence-corrected chi connectivity index (χ2v) is 10.4. The van der Waals surface area contributed by atoms with Crippen molar-refractivity contribution in [2.24, 2.45) is 0 Å². The van der Waals surface area contributed by atoms with Gasteiger partial charge in [-0.05, 0) is 56.2 Å². The van der Waals surface area contributed by atoms with E-state index in [4.69, 9.17) is 19.2 Å². The number of ketones is 1. The van der Waals surface area contributed by atoms with Crippen LogP contribution in [0.25, 0.3) is 16.0 Å². The molecule has 0 radical (unpaired) electrons. The zero-order valence-corrected chi connectivity index (χ0v) is 24.1. The fourth-order valence-electron chi connectivity index (χ4n) is 4.76. The Morgan fingerprint density at radius 2 is 1.71 bits per heavy atom. The number of benzene rings is 3. The number of hydrogen-bond donors (Lipinski definition) is 1. The first kappa shape index (κ1) is 28.2. The molecule has 212 valence electrons. The van der Waals surface area contributed by atoms with Gasteiger partial charge in [0.05, 0.1) is 41.7 Å². The van der Waals surface area contributed by atoms with Crippen LogP contribution in [0.3, 0.4) is 0 Å². The Morgan fingerprint density at radius 1 is 0.927 bits per heavy atom. The molecule has 1 aliphatic rings. The van der Waals surface area contributed by atoms with Crippen LogP contribution in [0.1, 0.15) is 50.8 Å². The average Bonchev–Trinajstić information content (AvgIpc) is 3.52. The highest BCUT2D eigenvalue weighted by atomic mass is 32.1. The van der Waals surface area contributed by atoms with Crippen LogP contribution in [-0.2, 0) is 9.59 Å². The number of aliphatic hydroxyl groups is 1. The summed E-state index contributed by atoms with van der Waals surface area (Å²) in [7, 11) is 0. The summed E-state index contributed by atoms with van der Waals surface area (Å²) >= 11 is 1.28. The van der Waals surface area contributed by atoms with Crippen molar-refractivity contribution in [3.63, 3.8) is 0 Å². The third-order valence-corrected chi connectivity index (χ3v) is 7.71. The van der Waals surface area contributed by atoms with Gasteiger partial charge in [-0.2, -0.15) is 0 Å². The summed E-state index contributed by atoms with van der Waals surface area (Å²) in [5, 5.41) is 11.7. The van der Waals surface area contributed by atoms with Crippen LogP contribution < -0.4 is 19.1 Å². The van der Waals surface area contributed by atoms with Crippen LogP contribution in [0, 0.1) is 0 Å². The van der Waals surface area contributed by atoms with Crippen molar-refractivity contribution in [1.82, 2.24) is 4.98 Å². The normalized spacial score (nSPS) is 16.4. The molecule has 1 atom stereocenters. The van der Waals surface area contributed by atoms with E-state index >= 15 is 0 Å². The number of ether oxygens (including phenoxy) is 3. The third kappa shape index (κ3) is 5.63. The second-order valence-electron chi connectivity index (χ2n) is 9.44. The van der Waals surface area contributed by atoms with E-state index in [9.17, 15) is 14.7 Å². The number of carbonyl (C=O) groups is 2. The molecule has 41 heavy (non-hydrogen) atoms. The van der Waals surface area contributed by atoms with Crippen LogP contribution in [-0.4, -0.2) is 41.6 Å². The van der Waals surface area contributed by atoms with Crippen LogP contribution in [0.4, 0.5) is 5.13 Å². The molecule has 1 aromatic heterocycles. The molecule has 5 rings (SSSR count). The predicted octanol–water partition coefficient (Wildman–Crippen LogP) is 6.90. The Balaban J connectivity index is 1.67. The van der Waals surface area contributed by atoms with Gasteiger partial charge in [0.25, 0.3) is 5.78 Å². The summed E-state index contributed by atoms with van der Waals surface area (Å²) in [6.45, 7) is 7.33. The highest BCUT2D eigenvalue weighted by molar-refractivity contribution is 7.22. The molecule has 1 saturated heterocycles. The summed E-state index contributed by atoms with van der Waals surface area (Å²) in [5.41, 5.74) is 1.68. The standard InChI is InChI=1S/C32H32N2O6S/c1-4-7-17-40-24-16-13-21(18-25(24)39-6-3)28-27(29(35)20-11-9-8-10-12-20)30(36)31(37)34(28)32-33-23-15-14-22(38-5-2)19-26(23)41-32/h8-16,18-19,28,35H,4-7,17H2,1-3H3. The van der Waals surface area contributed by atoms with E-state index in [0.29, 0.717) is 58.8 Å². The van der Waals surface area contributed by atoms with Crippen molar-refractivity contribution in [2.45, 2.75) is 39.7 Å². The number of anilines is 1. The zero-order chi connectivity index (χ0) is 28.9. The van der Waals surface area contributed by atoms with E-state index in [2.05, 4.69) is 6.92 Å². The third-order valence-electron chi connectivity index (χ3n) is 6.70. The largest absolute Gasteiger partial charge is 0.507 e. The molecule has 9 heteroatoms. The minimum absolute atomic E-state index is 0.0161. The van der Waals surface area contributed by atoms with E-state index in [-0.39, 0.29) is 11.3 Å². The minimum atomic E-state index is -0.939. The monoisotopic (exact) mass is 572 g/mol. The lowest BCUT2D eigenvalue weighted by Crippen LogP contribution is -2.29. The van der Waals surface area contributed by atoms with Crippen molar-refractivity contribution < 1.29 is 28.9 Å². The van der Waals surface area contributed by atoms with Gasteiger partial charge in [-0.15, -0.1) is 0 Å². The highest BCUT2D eigenvalue weighted by Gasteiger charge is 2.48. The lowest BCUT2D eigenvalue weighted by molar-refractivity contribution is -0.132. The van der Waals surface area contributed by atoms with Crippen molar-refractivity contribution in [3.05, 3.63) is 83.4 Å². The highest BCUT2D eigenvalue weighted by Crippen LogP contribution is 2.46. The van der Waals surface area contributed by atoms with Gasteiger partial charge >= 0.3 is 5.91 Å². The van der Waals surface area contributed by atoms with Gasteiger partial charge in [-0.1, -0.05) is 61.1 Å². The quantitative estimate of drug-likeness (QED) is 0.0904. The van der Waals surface area contributed by atoms with Gasteiger partial charge in [0.2, 0.25) is 0 Å². The number of Topliss-reactive ketones (excluding diaryl/α,β-unsaturated/α-hetero) is 1. The molecule has 1 aliphatic heterocycles. The molecular weight excluding hydrogens is 540 g/mol. The maximum absolute atomic E-state index is 13.7. The lowest BCUT2D eigenvalue weighted by atomic mass is 9.95. The fourth-order valence-corrected chi connectivity index (χ4v) is 5.78. The van der Waals surface area contributed by atoms with Crippen LogP contribution in [0.15, 0.2) is 72.3 Å². The first-order valence-electron chi connectivity index (χ1n) is 13.8. The first-order valence-corrected chi connectivity index (χ1v) is 14.6. The summed E-state index contributed by atoms with van der Waals surface area (Å²) in [4.78, 5) is 33.3. The number of rotatable bonds is 11. The van der Waals surface area contributed by atoms with Gasteiger partial charge in [-0.3, -0.25) is 14.5 Å². The lowest BCUT2D eigenvalue weighted by Gasteiger charge is -2.24. The molecule has 1 amide bonds. The van der Waals surface area contributed by atoms with Crippen molar-refractivity contribution in [3.8, 4) is 17.2 Å². The Labute approximate surface area is 242 Å². The van der Waals surface area contributed by atoms with E-state index in [0.717, 1.165) is 17.5 Å². The van der Waals surface area contributed by atoms with Gasteiger partial charge in [0.1, 0.15) is 11.5 Å². The molecule has 0 saturated carbocycles. The SMILES string of the molecule is CCCCOc1ccc(C2C(=C(O)c3ccccc3)C(=O)C(=O)N2c2nc3ccc(OCC)cc3s2)cc1OCC. The summed E-state index contributed by atoms with van der Waals surface area (Å²) in [6.07, 6.45) is 1.89. The Morgan fingerprint density at radius 3 is 2.44 bits per heavy atom. The molecule has 0 aliphatic carbocycles. The second kappa shape index (κ2) is 12.4. The smallest absolute Gasteiger partial charge is 0.301 e. The van der Waals surface area contributed by atoms with Crippen molar-refractivity contribution >= 4 is 44.1 Å². The fraction of sp³-hybridized carbons (Fsp3) is 0.281. The molecule has 1 fully saturated rings. The number of unbranched alkanes of at least 4 members (excludes halogenated alkanes) is 1. The molecule has 8 nitrogen and oxygen atoms in total. The van der Waals surface area contributed by atoms with E-state index < -0.39 is 17.7 Å². The molecule has 3 aromatic carbocycles. The van der Waals surface area contributed by atoms with Crippen molar-refractivity contribution in [2.75, 3.05) is 24.7 Å². The molecular formula is C32H32N2O6S. The van der Waals surface area contributed by atoms with Crippen LogP contribution >= 0.6 is 11.3 Å². The molecule has 0 spiro atoms. The topological polar surface area (TPSA) is 98.2 Å². The summed E-state index contributed by atoms with van der Waals surface area (Å²) in [5.74, 6) is -0.0375. The summed E-state index contributed by atoms with van der Waals surface area (Å²) in [6, 6.07) is 18.7. The van der Waals surface area contributed by atoms with Gasteiger partial charge in [-0.25, -0.2) is 4.98 Å². The minimum Gasteiger partial charge on any atom is -0.507 e. The van der Waals surface area contributed by atoms with Gasteiger partial charge < -0.3 is 19.3 Å². The molecule has 4 aromatic rings. The van der Waals surface area contributed by atoms with E-state index in [1.165, 1.54) is 16.2 Å². The number of nitrogens with zero attached hydrogens (tertiary/aromatic N) is 2. The average molecular weight is 573 g/mol. The number of carbonyl (C=O) groups excluding carboxylic acids is 2. The molecule has 2 heterocycles.